The molecular weight excluding hydrogens is 194 g/mol. The van der Waals surface area contributed by atoms with Gasteiger partial charge in [-0.3, -0.25) is 4.79 Å². The number of amides is 1. The number of rotatable bonds is 1. The highest BCUT2D eigenvalue weighted by Gasteiger charge is 2.15. The molecule has 0 aliphatic heterocycles. The minimum absolute atomic E-state index is 0.0241. The number of thiol groups is 1. The molecule has 2 nitrogen and oxygen atoms in total. The largest absolute Gasteiger partial charge is 0.355 e. The monoisotopic (exact) mass is 209 g/mol. The molecule has 1 N–H and O–H groups in total. The van der Waals surface area contributed by atoms with Crippen molar-refractivity contribution in [2.75, 3.05) is 7.05 Å². The molecular formula is C11H15NOS. The van der Waals surface area contributed by atoms with E-state index in [9.17, 15) is 4.79 Å². The first-order chi connectivity index (χ1) is 6.46. The van der Waals surface area contributed by atoms with E-state index in [-0.39, 0.29) is 11.3 Å². The number of hydrogen-bond acceptors (Lipinski definition) is 2. The summed E-state index contributed by atoms with van der Waals surface area (Å²) in [5.41, 5.74) is 0.585. The number of carbonyl (C=O) groups is 1. The Kier molecular flexibility index (Phi) is 3.21. The molecule has 0 aromatic heterocycles. The topological polar surface area (TPSA) is 29.1 Å². The van der Waals surface area contributed by atoms with Crippen LogP contribution in [0.4, 0.5) is 0 Å². The maximum absolute atomic E-state index is 11.4. The Morgan fingerprint density at radius 1 is 1.36 bits per heavy atom. The van der Waals surface area contributed by atoms with Gasteiger partial charge in [0.15, 0.2) is 0 Å². The molecule has 1 rings (SSSR count). The summed E-state index contributed by atoms with van der Waals surface area (Å²) in [6.45, 7) is 4.15. The number of likely N-dealkylation sites (N-methyl/N-ethyl adjacent to an activating group) is 1. The van der Waals surface area contributed by atoms with Gasteiger partial charge in [-0.05, 0) is 0 Å². The SMILES string of the molecule is CNC(=O)C1=C(S)C=CC(C)(C)C=C1. The molecule has 0 aromatic rings. The normalized spacial score (nSPS) is 19.4. The first kappa shape index (κ1) is 11.1. The zero-order chi connectivity index (χ0) is 10.8. The van der Waals surface area contributed by atoms with E-state index < -0.39 is 0 Å². The summed E-state index contributed by atoms with van der Waals surface area (Å²) in [6, 6.07) is 0. The molecule has 0 saturated heterocycles. The van der Waals surface area contributed by atoms with Gasteiger partial charge in [-0.1, -0.05) is 38.2 Å². The maximum Gasteiger partial charge on any atom is 0.252 e. The van der Waals surface area contributed by atoms with Crippen LogP contribution in [-0.2, 0) is 4.79 Å². The molecule has 0 spiro atoms. The minimum Gasteiger partial charge on any atom is -0.355 e. The van der Waals surface area contributed by atoms with Gasteiger partial charge in [0.1, 0.15) is 0 Å². The molecule has 76 valence electrons. The average molecular weight is 209 g/mol. The van der Waals surface area contributed by atoms with Crippen LogP contribution in [0, 0.1) is 5.41 Å². The maximum atomic E-state index is 11.4. The van der Waals surface area contributed by atoms with E-state index in [1.165, 1.54) is 0 Å². The first-order valence-electron chi connectivity index (χ1n) is 4.50. The molecule has 0 saturated carbocycles. The average Bonchev–Trinajstić information content (AvgIpc) is 2.26. The molecule has 0 unspecified atom stereocenters. The third-order valence-corrected chi connectivity index (χ3v) is 2.49. The molecule has 0 heterocycles. The fourth-order valence-corrected chi connectivity index (χ4v) is 1.40. The van der Waals surface area contributed by atoms with Crippen LogP contribution in [0.5, 0.6) is 0 Å². The summed E-state index contributed by atoms with van der Waals surface area (Å²) in [6.07, 6.45) is 7.72. The number of nitrogens with one attached hydrogen (secondary N) is 1. The highest BCUT2D eigenvalue weighted by molar-refractivity contribution is 7.84. The van der Waals surface area contributed by atoms with E-state index in [2.05, 4.69) is 31.8 Å². The van der Waals surface area contributed by atoms with E-state index in [1.807, 2.05) is 24.3 Å². The Labute approximate surface area is 90.2 Å². The van der Waals surface area contributed by atoms with Gasteiger partial charge in [-0.25, -0.2) is 0 Å². The van der Waals surface area contributed by atoms with Crippen molar-refractivity contribution in [3.8, 4) is 0 Å². The third kappa shape index (κ3) is 2.51. The second kappa shape index (κ2) is 4.05. The number of hydrogen-bond donors (Lipinski definition) is 2. The van der Waals surface area contributed by atoms with Crippen molar-refractivity contribution in [3.05, 3.63) is 34.8 Å². The molecule has 0 atom stereocenters. The summed E-state index contributed by atoms with van der Waals surface area (Å²) in [7, 11) is 1.62. The Bertz CT molecular complexity index is 337. The zero-order valence-electron chi connectivity index (χ0n) is 8.66. The first-order valence-corrected chi connectivity index (χ1v) is 4.95. The lowest BCUT2D eigenvalue weighted by Gasteiger charge is -2.12. The number of carbonyl (C=O) groups excluding carboxylic acids is 1. The Hall–Kier alpha value is -0.960. The summed E-state index contributed by atoms with van der Waals surface area (Å²) >= 11 is 4.28. The van der Waals surface area contributed by atoms with Gasteiger partial charge in [0.2, 0.25) is 0 Å². The highest BCUT2D eigenvalue weighted by Crippen LogP contribution is 2.26. The number of allylic oxidation sites excluding steroid dienone is 3. The summed E-state index contributed by atoms with van der Waals surface area (Å²) in [4.78, 5) is 12.1. The van der Waals surface area contributed by atoms with E-state index in [0.29, 0.717) is 10.5 Å². The van der Waals surface area contributed by atoms with Crippen molar-refractivity contribution in [1.29, 1.82) is 0 Å². The fourth-order valence-electron chi connectivity index (χ4n) is 1.15. The lowest BCUT2D eigenvalue weighted by Crippen LogP contribution is -2.19. The van der Waals surface area contributed by atoms with E-state index in [4.69, 9.17) is 0 Å². The summed E-state index contributed by atoms with van der Waals surface area (Å²) in [5, 5.41) is 2.59. The smallest absolute Gasteiger partial charge is 0.252 e. The van der Waals surface area contributed by atoms with E-state index >= 15 is 0 Å². The van der Waals surface area contributed by atoms with Crippen LogP contribution in [0.1, 0.15) is 13.8 Å². The Morgan fingerprint density at radius 3 is 2.50 bits per heavy atom. The standard InChI is InChI=1S/C11H15NOS/c1-11(2)6-4-8(10(13)12-3)9(14)5-7-11/h4-7,14H,1-3H3,(H,12,13). The van der Waals surface area contributed by atoms with Crippen LogP contribution < -0.4 is 5.32 Å². The van der Waals surface area contributed by atoms with Crippen molar-refractivity contribution < 1.29 is 4.79 Å². The predicted octanol–water partition coefficient (Wildman–Crippen LogP) is 2.07. The van der Waals surface area contributed by atoms with Crippen molar-refractivity contribution in [2.45, 2.75) is 13.8 Å². The molecule has 14 heavy (non-hydrogen) atoms. The lowest BCUT2D eigenvalue weighted by atomic mass is 9.93. The molecule has 0 fully saturated rings. The van der Waals surface area contributed by atoms with Crippen molar-refractivity contribution in [2.24, 2.45) is 5.41 Å². The zero-order valence-corrected chi connectivity index (χ0v) is 9.56. The molecule has 0 radical (unpaired) electrons. The van der Waals surface area contributed by atoms with Gasteiger partial charge in [-0.2, -0.15) is 0 Å². The van der Waals surface area contributed by atoms with E-state index in [1.54, 1.807) is 7.05 Å². The lowest BCUT2D eigenvalue weighted by molar-refractivity contribution is -0.116. The second-order valence-corrected chi connectivity index (χ2v) is 4.35. The van der Waals surface area contributed by atoms with Gasteiger partial charge >= 0.3 is 0 Å². The van der Waals surface area contributed by atoms with Gasteiger partial charge < -0.3 is 5.32 Å². The molecule has 1 amide bonds. The molecule has 1 aliphatic carbocycles. The van der Waals surface area contributed by atoms with Crippen LogP contribution >= 0.6 is 12.6 Å². The van der Waals surface area contributed by atoms with Crippen LogP contribution in [0.25, 0.3) is 0 Å². The molecule has 1 aliphatic rings. The van der Waals surface area contributed by atoms with Crippen molar-refractivity contribution in [3.63, 3.8) is 0 Å². The summed E-state index contributed by atoms with van der Waals surface area (Å²) in [5.74, 6) is -0.103. The van der Waals surface area contributed by atoms with Gasteiger partial charge in [0.25, 0.3) is 5.91 Å². The predicted molar refractivity (Wildman–Crippen MR) is 62.1 cm³/mol. The molecule has 3 heteroatoms. The van der Waals surface area contributed by atoms with Crippen LogP contribution in [0.3, 0.4) is 0 Å². The third-order valence-electron chi connectivity index (χ3n) is 2.10. The Morgan fingerprint density at radius 2 is 1.93 bits per heavy atom. The van der Waals surface area contributed by atoms with E-state index in [0.717, 1.165) is 0 Å². The summed E-state index contributed by atoms with van der Waals surface area (Å²) < 4.78 is 0. The van der Waals surface area contributed by atoms with Gasteiger partial charge in [0, 0.05) is 17.4 Å². The molecule has 0 bridgehead atoms. The van der Waals surface area contributed by atoms with Crippen LogP contribution in [-0.4, -0.2) is 13.0 Å². The second-order valence-electron chi connectivity index (χ2n) is 3.87. The van der Waals surface area contributed by atoms with Crippen LogP contribution in [0.15, 0.2) is 34.8 Å². The Balaban J connectivity index is 3.08. The van der Waals surface area contributed by atoms with Crippen molar-refractivity contribution >= 4 is 18.5 Å². The quantitative estimate of drug-likeness (QED) is 0.636. The fraction of sp³-hybridized carbons (Fsp3) is 0.364. The highest BCUT2D eigenvalue weighted by atomic mass is 32.1. The van der Waals surface area contributed by atoms with Crippen LogP contribution in [0.2, 0.25) is 0 Å². The minimum atomic E-state index is -0.103. The van der Waals surface area contributed by atoms with Crippen molar-refractivity contribution in [1.82, 2.24) is 5.32 Å². The van der Waals surface area contributed by atoms with Gasteiger partial charge in [0.05, 0.1) is 5.57 Å². The van der Waals surface area contributed by atoms with Gasteiger partial charge in [-0.15, -0.1) is 12.6 Å². The molecule has 0 aromatic carbocycles.